The number of rotatable bonds is 6. The molecule has 12 heteroatoms. The van der Waals surface area contributed by atoms with Crippen molar-refractivity contribution in [2.24, 2.45) is 0 Å². The molecule has 9 nitrogen and oxygen atoms in total. The van der Waals surface area contributed by atoms with Gasteiger partial charge in [0.05, 0.1) is 4.92 Å². The molecule has 0 fully saturated rings. The molecule has 110 valence electrons. The number of nitro groups is 1. The minimum Gasteiger partial charge on any atom is -0.479 e. The van der Waals surface area contributed by atoms with Crippen LogP contribution in [0.25, 0.3) is 0 Å². The van der Waals surface area contributed by atoms with Crippen molar-refractivity contribution in [3.05, 3.63) is 32.3 Å². The molecule has 0 unspecified atom stereocenters. The zero-order valence-corrected chi connectivity index (χ0v) is 11.7. The lowest BCUT2D eigenvalue weighted by molar-refractivity contribution is -0.384. The average Bonchev–Trinajstić information content (AvgIpc) is 2.26. The summed E-state index contributed by atoms with van der Waals surface area (Å²) in [5.41, 5.74) is -0.783. The summed E-state index contributed by atoms with van der Waals surface area (Å²) in [6.45, 7) is -0.938. The molecule has 0 saturated heterocycles. The minimum atomic E-state index is -4.39. The summed E-state index contributed by atoms with van der Waals surface area (Å²) in [4.78, 5) is 25.0. The van der Waals surface area contributed by atoms with E-state index in [4.69, 9.17) is 28.3 Å². The van der Waals surface area contributed by atoms with Gasteiger partial charge in [-0.1, -0.05) is 28.1 Å². The maximum atomic E-state index is 11.7. The van der Waals surface area contributed by atoms with Crippen LogP contribution in [-0.2, 0) is 19.7 Å². The van der Waals surface area contributed by atoms with Crippen molar-refractivity contribution in [1.82, 2.24) is 4.89 Å². The number of nitro benzene ring substituents is 1. The van der Waals surface area contributed by atoms with E-state index in [1.54, 1.807) is 0 Å². The van der Waals surface area contributed by atoms with Gasteiger partial charge < -0.3 is 5.11 Å². The number of carboxylic acids is 1. The highest BCUT2D eigenvalue weighted by molar-refractivity contribution is 7.89. The lowest BCUT2D eigenvalue weighted by atomic mass is 10.3. The van der Waals surface area contributed by atoms with Crippen molar-refractivity contribution in [3.63, 3.8) is 0 Å². The van der Waals surface area contributed by atoms with Crippen LogP contribution in [0.2, 0.25) is 10.0 Å². The zero-order valence-electron chi connectivity index (χ0n) is 9.37. The Bertz CT molecular complexity index is 661. The highest BCUT2D eigenvalue weighted by atomic mass is 35.5. The van der Waals surface area contributed by atoms with Crippen molar-refractivity contribution < 1.29 is 28.1 Å². The van der Waals surface area contributed by atoms with Gasteiger partial charge in [-0.15, -0.1) is 0 Å². The van der Waals surface area contributed by atoms with Gasteiger partial charge in [0.2, 0.25) is 0 Å². The molecule has 0 bridgehead atoms. The van der Waals surface area contributed by atoms with Crippen molar-refractivity contribution in [1.29, 1.82) is 0 Å². The molecule has 0 atom stereocenters. The first-order valence-electron chi connectivity index (χ1n) is 4.64. The number of hydrogen-bond donors (Lipinski definition) is 2. The maximum Gasteiger partial charge on any atom is 0.331 e. The maximum absolute atomic E-state index is 11.7. The SMILES string of the molecule is O=C(O)CONS(=O)(=O)c1ccc(Cl)c([N+](=O)[O-])c1Cl. The highest BCUT2D eigenvalue weighted by Crippen LogP contribution is 2.36. The van der Waals surface area contributed by atoms with Crippen LogP contribution >= 0.6 is 23.2 Å². The Morgan fingerprint density at radius 1 is 1.45 bits per heavy atom. The fourth-order valence-electron chi connectivity index (χ4n) is 1.11. The Kier molecular flexibility index (Phi) is 5.25. The van der Waals surface area contributed by atoms with Crippen LogP contribution in [-0.4, -0.2) is 31.0 Å². The summed E-state index contributed by atoms with van der Waals surface area (Å²) < 4.78 is 23.5. The molecular weight excluding hydrogens is 339 g/mol. The van der Waals surface area contributed by atoms with Gasteiger partial charge in [0, 0.05) is 0 Å². The van der Waals surface area contributed by atoms with Gasteiger partial charge in [-0.3, -0.25) is 15.0 Å². The molecule has 0 aliphatic carbocycles. The molecule has 1 aromatic rings. The average molecular weight is 345 g/mol. The normalized spacial score (nSPS) is 11.3. The van der Waals surface area contributed by atoms with E-state index in [1.165, 1.54) is 4.89 Å². The van der Waals surface area contributed by atoms with E-state index in [-0.39, 0.29) is 5.02 Å². The topological polar surface area (TPSA) is 136 Å². The third-order valence-electron chi connectivity index (χ3n) is 1.87. The van der Waals surface area contributed by atoms with Gasteiger partial charge in [0.1, 0.15) is 14.9 Å². The summed E-state index contributed by atoms with van der Waals surface area (Å²) in [6.07, 6.45) is 0. The molecule has 0 aliphatic heterocycles. The fraction of sp³-hybridized carbons (Fsp3) is 0.125. The van der Waals surface area contributed by atoms with Gasteiger partial charge in [-0.25, -0.2) is 13.2 Å². The lowest BCUT2D eigenvalue weighted by Gasteiger charge is -2.08. The first kappa shape index (κ1) is 16.6. The Balaban J connectivity index is 3.16. The minimum absolute atomic E-state index is 0.342. The molecule has 0 saturated carbocycles. The van der Waals surface area contributed by atoms with E-state index in [2.05, 4.69) is 4.84 Å². The molecule has 0 spiro atoms. The Labute approximate surface area is 122 Å². The van der Waals surface area contributed by atoms with Crippen LogP contribution in [0.5, 0.6) is 0 Å². The molecule has 1 aromatic carbocycles. The molecule has 0 aromatic heterocycles. The van der Waals surface area contributed by atoms with Crippen LogP contribution < -0.4 is 4.89 Å². The van der Waals surface area contributed by atoms with Crippen LogP contribution in [0.1, 0.15) is 0 Å². The van der Waals surface area contributed by atoms with E-state index >= 15 is 0 Å². The smallest absolute Gasteiger partial charge is 0.331 e. The monoisotopic (exact) mass is 344 g/mol. The molecule has 20 heavy (non-hydrogen) atoms. The fourth-order valence-corrected chi connectivity index (χ4v) is 2.81. The molecule has 2 N–H and O–H groups in total. The molecule has 0 radical (unpaired) electrons. The standard InChI is InChI=1S/C8H6Cl2N2O7S/c9-4-1-2-5(7(10)8(4)12(15)16)20(17,18)11-19-3-6(13)14/h1-2,11H,3H2,(H,13,14). The lowest BCUT2D eigenvalue weighted by Crippen LogP contribution is -2.27. The Hall–Kier alpha value is -1.46. The summed E-state index contributed by atoms with van der Waals surface area (Å²) in [5.74, 6) is -1.42. The number of sulfonamides is 1. The summed E-state index contributed by atoms with van der Waals surface area (Å²) in [6, 6.07) is 1.89. The number of nitrogens with zero attached hydrogens (tertiary/aromatic N) is 1. The van der Waals surface area contributed by atoms with Gasteiger partial charge in [-0.2, -0.15) is 0 Å². The first-order chi connectivity index (χ1) is 9.16. The predicted octanol–water partition coefficient (Wildman–Crippen LogP) is 1.20. The van der Waals surface area contributed by atoms with Gasteiger partial charge in [0.25, 0.3) is 10.0 Å². The van der Waals surface area contributed by atoms with Crippen molar-refractivity contribution in [3.8, 4) is 0 Å². The van der Waals surface area contributed by atoms with Crippen LogP contribution in [0, 0.1) is 10.1 Å². The van der Waals surface area contributed by atoms with E-state index in [0.29, 0.717) is 0 Å². The number of hydrogen-bond acceptors (Lipinski definition) is 6. The number of benzene rings is 1. The Morgan fingerprint density at radius 2 is 2.05 bits per heavy atom. The number of carboxylic acid groups (broad SMARTS) is 1. The highest BCUT2D eigenvalue weighted by Gasteiger charge is 2.28. The van der Waals surface area contributed by atoms with Crippen molar-refractivity contribution in [2.45, 2.75) is 4.90 Å². The van der Waals surface area contributed by atoms with Gasteiger partial charge in [0.15, 0.2) is 6.61 Å². The number of aliphatic carboxylic acids is 1. The number of carbonyl (C=O) groups is 1. The summed E-state index contributed by atoms with van der Waals surface area (Å²) in [5, 5.41) is 18.0. The van der Waals surface area contributed by atoms with Crippen LogP contribution in [0.3, 0.4) is 0 Å². The third-order valence-corrected chi connectivity index (χ3v) is 3.92. The number of halogens is 2. The van der Waals surface area contributed by atoms with E-state index < -0.39 is 43.1 Å². The van der Waals surface area contributed by atoms with Gasteiger partial charge >= 0.3 is 11.7 Å². The predicted molar refractivity (Wildman–Crippen MR) is 67.0 cm³/mol. The van der Waals surface area contributed by atoms with E-state index in [9.17, 15) is 23.3 Å². The van der Waals surface area contributed by atoms with Crippen molar-refractivity contribution >= 4 is 44.9 Å². The molecular formula is C8H6Cl2N2O7S. The second-order valence-electron chi connectivity index (χ2n) is 3.23. The molecule has 0 amide bonds. The van der Waals surface area contributed by atoms with Crippen LogP contribution in [0.15, 0.2) is 17.0 Å². The third kappa shape index (κ3) is 3.77. The molecule has 1 rings (SSSR count). The summed E-state index contributed by atoms with van der Waals surface area (Å²) >= 11 is 11.2. The summed E-state index contributed by atoms with van der Waals surface area (Å²) in [7, 11) is -4.39. The second-order valence-corrected chi connectivity index (χ2v) is 5.63. The van der Waals surface area contributed by atoms with E-state index in [1.807, 2.05) is 0 Å². The van der Waals surface area contributed by atoms with Crippen molar-refractivity contribution in [2.75, 3.05) is 6.61 Å². The second kappa shape index (κ2) is 6.33. The number of nitrogens with one attached hydrogen (secondary N) is 1. The van der Waals surface area contributed by atoms with Crippen LogP contribution in [0.4, 0.5) is 5.69 Å². The molecule has 0 aliphatic rings. The first-order valence-corrected chi connectivity index (χ1v) is 6.88. The molecule has 0 heterocycles. The zero-order chi connectivity index (χ0) is 15.5. The van der Waals surface area contributed by atoms with Gasteiger partial charge in [-0.05, 0) is 12.1 Å². The quantitative estimate of drug-likeness (QED) is 0.584. The largest absolute Gasteiger partial charge is 0.479 e. The Morgan fingerprint density at radius 3 is 2.55 bits per heavy atom. The van der Waals surface area contributed by atoms with E-state index in [0.717, 1.165) is 12.1 Å².